The number of hydrogen-bond donors (Lipinski definition) is 2. The van der Waals surface area contributed by atoms with Crippen LogP contribution in [0.5, 0.6) is 5.75 Å². The number of ether oxygens (including phenoxy) is 1. The van der Waals surface area contributed by atoms with Gasteiger partial charge in [-0.15, -0.1) is 0 Å². The Morgan fingerprint density at radius 1 is 1.20 bits per heavy atom. The molecule has 2 N–H and O–H groups in total. The zero-order valence-corrected chi connectivity index (χ0v) is 11.2. The summed E-state index contributed by atoms with van der Waals surface area (Å²) >= 11 is 6.05. The zero-order valence-electron chi connectivity index (χ0n) is 10.5. The third-order valence-corrected chi connectivity index (χ3v) is 3.08. The molecule has 6 heteroatoms. The van der Waals surface area contributed by atoms with Crippen molar-refractivity contribution in [2.45, 2.75) is 6.61 Å². The SMILES string of the molecule is N#Cc1ccc(COc2cccc(B(O)O)c2)c(Cl)c1. The molecule has 0 aromatic heterocycles. The van der Waals surface area contributed by atoms with Crippen molar-refractivity contribution >= 4 is 24.2 Å². The standard InChI is InChI=1S/C14H11BClNO3/c16-14-6-10(8-17)4-5-11(14)9-20-13-3-1-2-12(7-13)15(18)19/h1-7,18-19H,9H2. The van der Waals surface area contributed by atoms with Gasteiger partial charge in [-0.1, -0.05) is 29.8 Å². The Kier molecular flexibility index (Phi) is 4.64. The summed E-state index contributed by atoms with van der Waals surface area (Å²) in [6.07, 6.45) is 0. The number of benzene rings is 2. The number of halogens is 1. The number of hydrogen-bond acceptors (Lipinski definition) is 4. The third-order valence-electron chi connectivity index (χ3n) is 2.73. The average Bonchev–Trinajstić information content (AvgIpc) is 2.46. The molecule has 0 amide bonds. The van der Waals surface area contributed by atoms with Crippen LogP contribution in [-0.4, -0.2) is 17.2 Å². The predicted octanol–water partition coefficient (Wildman–Crippen LogP) is 1.47. The molecule has 0 saturated carbocycles. The van der Waals surface area contributed by atoms with E-state index in [-0.39, 0.29) is 6.61 Å². The summed E-state index contributed by atoms with van der Waals surface area (Å²) in [7, 11) is -1.53. The highest BCUT2D eigenvalue weighted by Gasteiger charge is 2.11. The molecular formula is C14H11BClNO3. The molecule has 4 nitrogen and oxygen atoms in total. The van der Waals surface area contributed by atoms with Crippen molar-refractivity contribution < 1.29 is 14.8 Å². The van der Waals surface area contributed by atoms with E-state index < -0.39 is 7.12 Å². The van der Waals surface area contributed by atoms with Crippen LogP contribution in [0.2, 0.25) is 5.02 Å². The van der Waals surface area contributed by atoms with Gasteiger partial charge in [-0.3, -0.25) is 0 Å². The van der Waals surface area contributed by atoms with Gasteiger partial charge in [-0.2, -0.15) is 5.26 Å². The van der Waals surface area contributed by atoms with E-state index in [1.807, 2.05) is 6.07 Å². The molecule has 100 valence electrons. The second-order valence-electron chi connectivity index (χ2n) is 4.15. The maximum atomic E-state index is 9.08. The van der Waals surface area contributed by atoms with Crippen LogP contribution in [0.25, 0.3) is 0 Å². The Morgan fingerprint density at radius 2 is 2.00 bits per heavy atom. The van der Waals surface area contributed by atoms with Crippen molar-refractivity contribution in [3.63, 3.8) is 0 Å². The Labute approximate surface area is 122 Å². The molecule has 0 fully saturated rings. The first-order valence-electron chi connectivity index (χ1n) is 5.87. The van der Waals surface area contributed by atoms with Crippen molar-refractivity contribution in [2.75, 3.05) is 0 Å². The van der Waals surface area contributed by atoms with E-state index in [9.17, 15) is 0 Å². The van der Waals surface area contributed by atoms with Crippen LogP contribution in [0.15, 0.2) is 42.5 Å². The van der Waals surface area contributed by atoms with Crippen molar-refractivity contribution in [3.05, 3.63) is 58.6 Å². The summed E-state index contributed by atoms with van der Waals surface area (Å²) in [5, 5.41) is 27.4. The van der Waals surface area contributed by atoms with Crippen molar-refractivity contribution in [1.29, 1.82) is 5.26 Å². The highest BCUT2D eigenvalue weighted by atomic mass is 35.5. The second kappa shape index (κ2) is 6.44. The van der Waals surface area contributed by atoms with Crippen LogP contribution in [0.1, 0.15) is 11.1 Å². The molecular weight excluding hydrogens is 276 g/mol. The molecule has 0 aliphatic heterocycles. The molecule has 0 bridgehead atoms. The molecule has 0 aliphatic rings. The highest BCUT2D eigenvalue weighted by molar-refractivity contribution is 6.58. The van der Waals surface area contributed by atoms with Crippen LogP contribution >= 0.6 is 11.6 Å². The summed E-state index contributed by atoms with van der Waals surface area (Å²) in [6.45, 7) is 0.232. The van der Waals surface area contributed by atoms with Gasteiger partial charge < -0.3 is 14.8 Å². The van der Waals surface area contributed by atoms with Crippen LogP contribution < -0.4 is 10.2 Å². The van der Waals surface area contributed by atoms with E-state index >= 15 is 0 Å². The maximum Gasteiger partial charge on any atom is 0.488 e. The minimum absolute atomic E-state index is 0.232. The highest BCUT2D eigenvalue weighted by Crippen LogP contribution is 2.19. The average molecular weight is 288 g/mol. The van der Waals surface area contributed by atoms with Gasteiger partial charge in [0.15, 0.2) is 0 Å². The van der Waals surface area contributed by atoms with E-state index in [0.717, 1.165) is 5.56 Å². The lowest BCUT2D eigenvalue weighted by Gasteiger charge is -2.09. The predicted molar refractivity (Wildman–Crippen MR) is 76.8 cm³/mol. The molecule has 2 aromatic carbocycles. The zero-order chi connectivity index (χ0) is 14.5. The van der Waals surface area contributed by atoms with Crippen LogP contribution in [0.3, 0.4) is 0 Å². The Bertz CT molecular complexity index is 655. The van der Waals surface area contributed by atoms with Gasteiger partial charge in [0, 0.05) is 10.6 Å². The summed E-state index contributed by atoms with van der Waals surface area (Å²) in [4.78, 5) is 0. The Hall–Kier alpha value is -2.00. The molecule has 0 unspecified atom stereocenters. The first-order chi connectivity index (χ1) is 9.60. The molecule has 0 atom stereocenters. The van der Waals surface area contributed by atoms with Crippen molar-refractivity contribution in [3.8, 4) is 11.8 Å². The fourth-order valence-electron chi connectivity index (χ4n) is 1.66. The maximum absolute atomic E-state index is 9.08. The van der Waals surface area contributed by atoms with E-state index in [4.69, 9.17) is 31.6 Å². The molecule has 0 radical (unpaired) electrons. The van der Waals surface area contributed by atoms with Gasteiger partial charge in [-0.25, -0.2) is 0 Å². The van der Waals surface area contributed by atoms with Crippen LogP contribution in [-0.2, 0) is 6.61 Å². The van der Waals surface area contributed by atoms with E-state index in [0.29, 0.717) is 21.8 Å². The van der Waals surface area contributed by atoms with Crippen molar-refractivity contribution in [1.82, 2.24) is 0 Å². The van der Waals surface area contributed by atoms with Crippen LogP contribution in [0.4, 0.5) is 0 Å². The van der Waals surface area contributed by atoms with Crippen molar-refractivity contribution in [2.24, 2.45) is 0 Å². The lowest BCUT2D eigenvalue weighted by molar-refractivity contribution is 0.306. The summed E-state index contributed by atoms with van der Waals surface area (Å²) < 4.78 is 5.55. The molecule has 0 heterocycles. The molecule has 20 heavy (non-hydrogen) atoms. The number of rotatable bonds is 4. The molecule has 0 spiro atoms. The first-order valence-corrected chi connectivity index (χ1v) is 6.25. The van der Waals surface area contributed by atoms with Gasteiger partial charge in [0.1, 0.15) is 12.4 Å². The second-order valence-corrected chi connectivity index (χ2v) is 4.56. The summed E-state index contributed by atoms with van der Waals surface area (Å²) in [5.41, 5.74) is 1.60. The fourth-order valence-corrected chi connectivity index (χ4v) is 1.90. The van der Waals surface area contributed by atoms with Crippen LogP contribution in [0, 0.1) is 11.3 Å². The molecule has 2 aromatic rings. The quantitative estimate of drug-likeness (QED) is 0.835. The van der Waals surface area contributed by atoms with E-state index in [2.05, 4.69) is 0 Å². The smallest absolute Gasteiger partial charge is 0.488 e. The largest absolute Gasteiger partial charge is 0.489 e. The fraction of sp³-hybridized carbons (Fsp3) is 0.0714. The summed E-state index contributed by atoms with van der Waals surface area (Å²) in [5.74, 6) is 0.510. The van der Waals surface area contributed by atoms with E-state index in [1.54, 1.807) is 42.5 Å². The van der Waals surface area contributed by atoms with Gasteiger partial charge in [0.05, 0.1) is 11.6 Å². The lowest BCUT2D eigenvalue weighted by Crippen LogP contribution is -2.29. The van der Waals surface area contributed by atoms with Gasteiger partial charge in [-0.05, 0) is 29.7 Å². The van der Waals surface area contributed by atoms with E-state index in [1.165, 1.54) is 0 Å². The van der Waals surface area contributed by atoms with Gasteiger partial charge in [0.25, 0.3) is 0 Å². The molecule has 0 saturated heterocycles. The normalized spacial score (nSPS) is 9.90. The monoisotopic (exact) mass is 287 g/mol. The Morgan fingerprint density at radius 3 is 2.65 bits per heavy atom. The first kappa shape index (κ1) is 14.4. The third kappa shape index (κ3) is 3.52. The molecule has 2 rings (SSSR count). The lowest BCUT2D eigenvalue weighted by atomic mass is 9.80. The minimum Gasteiger partial charge on any atom is -0.489 e. The summed E-state index contributed by atoms with van der Waals surface area (Å²) in [6, 6.07) is 13.5. The number of nitriles is 1. The van der Waals surface area contributed by atoms with Gasteiger partial charge >= 0.3 is 7.12 Å². The Balaban J connectivity index is 2.09. The molecule has 0 aliphatic carbocycles. The topological polar surface area (TPSA) is 73.5 Å². The minimum atomic E-state index is -1.53. The number of nitrogens with zero attached hydrogens (tertiary/aromatic N) is 1. The van der Waals surface area contributed by atoms with Gasteiger partial charge in [0.2, 0.25) is 0 Å².